The van der Waals surface area contributed by atoms with Crippen LogP contribution in [0.4, 0.5) is 10.1 Å². The number of benzene rings is 1. The third-order valence-electron chi connectivity index (χ3n) is 5.88. The molecule has 1 atom stereocenters. The molecule has 1 aromatic heterocycles. The lowest BCUT2D eigenvalue weighted by atomic mass is 10.0. The van der Waals surface area contributed by atoms with Gasteiger partial charge in [-0.2, -0.15) is 0 Å². The van der Waals surface area contributed by atoms with Gasteiger partial charge in [-0.05, 0) is 61.1 Å². The van der Waals surface area contributed by atoms with Gasteiger partial charge in [0, 0.05) is 46.3 Å². The number of anilines is 1. The summed E-state index contributed by atoms with van der Waals surface area (Å²) in [7, 11) is 1.03. The Balaban J connectivity index is 1.32. The molecule has 2 aliphatic rings. The minimum atomic E-state index is -0.765. The van der Waals surface area contributed by atoms with Crippen LogP contribution in [-0.4, -0.2) is 44.6 Å². The molecule has 0 bridgehead atoms. The van der Waals surface area contributed by atoms with Crippen molar-refractivity contribution >= 4 is 34.0 Å². The highest BCUT2D eigenvalue weighted by Crippen LogP contribution is 2.31. The van der Waals surface area contributed by atoms with Gasteiger partial charge < -0.3 is 10.2 Å². The quantitative estimate of drug-likeness (QED) is 0.758. The highest BCUT2D eigenvalue weighted by molar-refractivity contribution is 7.85. The highest BCUT2D eigenvalue weighted by Gasteiger charge is 2.27. The predicted octanol–water partition coefficient (Wildman–Crippen LogP) is 3.57. The summed E-state index contributed by atoms with van der Waals surface area (Å²) >= 11 is 6.17. The molecule has 160 valence electrons. The molecule has 4 rings (SSSR count). The lowest BCUT2D eigenvalue weighted by Crippen LogP contribution is -2.36. The van der Waals surface area contributed by atoms with Gasteiger partial charge in [0.2, 0.25) is 5.91 Å². The van der Waals surface area contributed by atoms with E-state index in [2.05, 4.69) is 10.3 Å². The normalized spacial score (nSPS) is 23.1. The molecule has 2 heterocycles. The van der Waals surface area contributed by atoms with Crippen molar-refractivity contribution in [1.82, 2.24) is 9.88 Å². The third kappa shape index (κ3) is 4.83. The molecule has 1 aliphatic carbocycles. The molecule has 1 unspecified atom stereocenters. The number of fused-ring (bicyclic) bond motifs is 1. The second kappa shape index (κ2) is 9.02. The number of pyridine rings is 1. The Morgan fingerprint density at radius 3 is 2.77 bits per heavy atom. The van der Waals surface area contributed by atoms with Crippen molar-refractivity contribution in [3.8, 4) is 0 Å². The molecular weight excluding hydrogens is 425 g/mol. The fourth-order valence-electron chi connectivity index (χ4n) is 4.27. The van der Waals surface area contributed by atoms with Gasteiger partial charge in [0.15, 0.2) is 0 Å². The summed E-state index contributed by atoms with van der Waals surface area (Å²) in [5.74, 6) is 1.00. The smallest absolute Gasteiger partial charge is 0.225 e. The Bertz CT molecular complexity index is 960. The van der Waals surface area contributed by atoms with E-state index in [1.54, 1.807) is 24.2 Å². The average molecular weight is 450 g/mol. The molecule has 1 saturated heterocycles. The fourth-order valence-corrected chi connectivity index (χ4v) is 5.87. The maximum atomic E-state index is 13.6. The minimum Gasteiger partial charge on any atom is -0.380 e. The summed E-state index contributed by atoms with van der Waals surface area (Å²) < 4.78 is 25.1. The number of aromatic nitrogens is 1. The molecule has 1 N–H and O–H groups in total. The topological polar surface area (TPSA) is 62.3 Å². The van der Waals surface area contributed by atoms with Crippen LogP contribution in [0.25, 0.3) is 0 Å². The molecule has 0 spiro atoms. The zero-order valence-electron chi connectivity index (χ0n) is 16.9. The van der Waals surface area contributed by atoms with Gasteiger partial charge in [0.1, 0.15) is 5.82 Å². The van der Waals surface area contributed by atoms with Crippen molar-refractivity contribution in [3.05, 3.63) is 58.1 Å². The zero-order valence-corrected chi connectivity index (χ0v) is 18.4. The standard InChI is InChI=1S/C22H25ClFN3O2S/c1-27(22(28)14-4-6-30(29)7-5-14)13-18-3-2-17(12-25-18)26-19-9-15-8-16(24)10-21(23)20(15)11-19/h2-3,8,10,12,14,19,26H,4-7,9,11,13H2,1H3. The van der Waals surface area contributed by atoms with Gasteiger partial charge in [-0.25, -0.2) is 4.39 Å². The van der Waals surface area contributed by atoms with E-state index in [0.717, 1.165) is 35.3 Å². The first kappa shape index (κ1) is 21.2. The largest absolute Gasteiger partial charge is 0.380 e. The van der Waals surface area contributed by atoms with Gasteiger partial charge in [0.05, 0.1) is 24.1 Å². The molecule has 1 aliphatic heterocycles. The number of nitrogens with one attached hydrogen (secondary N) is 1. The van der Waals surface area contributed by atoms with E-state index >= 15 is 0 Å². The average Bonchev–Trinajstić information content (AvgIpc) is 3.12. The van der Waals surface area contributed by atoms with E-state index in [0.29, 0.717) is 35.9 Å². The van der Waals surface area contributed by atoms with Crippen LogP contribution < -0.4 is 5.32 Å². The van der Waals surface area contributed by atoms with Gasteiger partial charge >= 0.3 is 0 Å². The molecule has 1 aromatic carbocycles. The van der Waals surface area contributed by atoms with E-state index in [1.807, 2.05) is 12.1 Å². The van der Waals surface area contributed by atoms with Crippen molar-refractivity contribution in [2.45, 2.75) is 38.3 Å². The second-order valence-corrected chi connectivity index (χ2v) is 10.2. The number of carbonyl (C=O) groups excluding carboxylic acids is 1. The summed E-state index contributed by atoms with van der Waals surface area (Å²) in [6.07, 6.45) is 4.63. The molecule has 30 heavy (non-hydrogen) atoms. The Kier molecular flexibility index (Phi) is 6.39. The van der Waals surface area contributed by atoms with Crippen molar-refractivity contribution in [2.75, 3.05) is 23.9 Å². The van der Waals surface area contributed by atoms with Gasteiger partial charge in [-0.15, -0.1) is 0 Å². The maximum absolute atomic E-state index is 13.6. The Labute approximate surface area is 183 Å². The monoisotopic (exact) mass is 449 g/mol. The van der Waals surface area contributed by atoms with E-state index in [-0.39, 0.29) is 23.7 Å². The summed E-state index contributed by atoms with van der Waals surface area (Å²) in [6, 6.07) is 6.94. The van der Waals surface area contributed by atoms with Crippen LogP contribution in [0.15, 0.2) is 30.5 Å². The minimum absolute atomic E-state index is 0.0331. The number of hydrogen-bond donors (Lipinski definition) is 1. The van der Waals surface area contributed by atoms with Crippen LogP contribution in [0, 0.1) is 11.7 Å². The number of nitrogens with zero attached hydrogens (tertiary/aromatic N) is 2. The first-order chi connectivity index (χ1) is 14.4. The molecule has 8 heteroatoms. The van der Waals surface area contributed by atoms with E-state index in [1.165, 1.54) is 6.07 Å². The van der Waals surface area contributed by atoms with Crippen molar-refractivity contribution in [2.24, 2.45) is 5.92 Å². The summed E-state index contributed by atoms with van der Waals surface area (Å²) in [4.78, 5) is 18.8. The number of carbonyl (C=O) groups is 1. The molecule has 0 radical (unpaired) electrons. The molecular formula is C22H25ClFN3O2S. The maximum Gasteiger partial charge on any atom is 0.225 e. The Hall–Kier alpha value is -1.99. The first-order valence-corrected chi connectivity index (χ1v) is 12.0. The van der Waals surface area contributed by atoms with Crippen LogP contribution >= 0.6 is 11.6 Å². The molecule has 1 fully saturated rings. The van der Waals surface area contributed by atoms with Crippen LogP contribution in [0.3, 0.4) is 0 Å². The lowest BCUT2D eigenvalue weighted by molar-refractivity contribution is -0.135. The van der Waals surface area contributed by atoms with E-state index in [9.17, 15) is 13.4 Å². The van der Waals surface area contributed by atoms with Crippen LogP contribution in [0.2, 0.25) is 5.02 Å². The van der Waals surface area contributed by atoms with Crippen molar-refractivity contribution in [3.63, 3.8) is 0 Å². The first-order valence-electron chi connectivity index (χ1n) is 10.2. The van der Waals surface area contributed by atoms with Crippen molar-refractivity contribution in [1.29, 1.82) is 0 Å². The zero-order chi connectivity index (χ0) is 21.3. The molecule has 2 aromatic rings. The second-order valence-electron chi connectivity index (χ2n) is 8.13. The Morgan fingerprint density at radius 1 is 1.30 bits per heavy atom. The van der Waals surface area contributed by atoms with Gasteiger partial charge in [0.25, 0.3) is 0 Å². The SMILES string of the molecule is CN(Cc1ccc(NC2Cc3cc(F)cc(Cl)c3C2)cn1)C(=O)C1CCS(=O)CC1. The number of hydrogen-bond acceptors (Lipinski definition) is 4. The molecule has 0 saturated carbocycles. The van der Waals surface area contributed by atoms with Crippen LogP contribution in [-0.2, 0) is 35.0 Å². The molecule has 1 amide bonds. The molecule has 5 nitrogen and oxygen atoms in total. The number of amides is 1. The van der Waals surface area contributed by atoms with E-state index in [4.69, 9.17) is 11.6 Å². The third-order valence-corrected chi connectivity index (χ3v) is 7.60. The van der Waals surface area contributed by atoms with E-state index < -0.39 is 10.8 Å². The van der Waals surface area contributed by atoms with Gasteiger partial charge in [-0.1, -0.05) is 11.6 Å². The summed E-state index contributed by atoms with van der Waals surface area (Å²) in [5, 5.41) is 3.93. The lowest BCUT2D eigenvalue weighted by Gasteiger charge is -2.26. The highest BCUT2D eigenvalue weighted by atomic mass is 35.5. The predicted molar refractivity (Wildman–Crippen MR) is 118 cm³/mol. The number of halogens is 2. The number of rotatable bonds is 5. The summed E-state index contributed by atoms with van der Waals surface area (Å²) in [6.45, 7) is 0.447. The fraction of sp³-hybridized carbons (Fsp3) is 0.455. The summed E-state index contributed by atoms with van der Waals surface area (Å²) in [5.41, 5.74) is 3.66. The van der Waals surface area contributed by atoms with Gasteiger partial charge in [-0.3, -0.25) is 14.0 Å². The Morgan fingerprint density at radius 2 is 2.07 bits per heavy atom. The van der Waals surface area contributed by atoms with Crippen LogP contribution in [0.1, 0.15) is 29.7 Å². The van der Waals surface area contributed by atoms with Crippen LogP contribution in [0.5, 0.6) is 0 Å². The van der Waals surface area contributed by atoms with Crippen molar-refractivity contribution < 1.29 is 13.4 Å².